The molecule has 0 radical (unpaired) electrons. The van der Waals surface area contributed by atoms with Crippen LogP contribution in [-0.4, -0.2) is 48.1 Å². The van der Waals surface area contributed by atoms with Crippen LogP contribution < -0.4 is 0 Å². The van der Waals surface area contributed by atoms with Gasteiger partial charge in [0.2, 0.25) is 0 Å². The van der Waals surface area contributed by atoms with Crippen molar-refractivity contribution < 1.29 is 4.74 Å². The molecule has 0 spiro atoms. The van der Waals surface area contributed by atoms with Crippen LogP contribution in [0.1, 0.15) is 41.5 Å². The van der Waals surface area contributed by atoms with E-state index in [9.17, 15) is 0 Å². The Morgan fingerprint density at radius 1 is 0.737 bits per heavy atom. The van der Waals surface area contributed by atoms with Gasteiger partial charge >= 0.3 is 0 Å². The molecule has 0 fully saturated rings. The Kier molecular flexibility index (Phi) is 10.6. The SMILES string of the molecule is CCN(CC)C(C)/C=C/O/C=C/C(C)N(CC)CC. The van der Waals surface area contributed by atoms with E-state index < -0.39 is 0 Å². The molecule has 0 rings (SSSR count). The molecule has 0 amide bonds. The van der Waals surface area contributed by atoms with Crippen molar-refractivity contribution in [1.82, 2.24) is 9.80 Å². The van der Waals surface area contributed by atoms with Crippen LogP contribution in [0.25, 0.3) is 0 Å². The lowest BCUT2D eigenvalue weighted by Crippen LogP contribution is -2.31. The lowest BCUT2D eigenvalue weighted by Gasteiger charge is -2.23. The van der Waals surface area contributed by atoms with Crippen LogP contribution in [-0.2, 0) is 4.74 Å². The summed E-state index contributed by atoms with van der Waals surface area (Å²) in [5.74, 6) is 0. The maximum absolute atomic E-state index is 5.44. The summed E-state index contributed by atoms with van der Waals surface area (Å²) in [5, 5.41) is 0. The number of hydrogen-bond acceptors (Lipinski definition) is 3. The Morgan fingerprint density at radius 2 is 1.05 bits per heavy atom. The minimum absolute atomic E-state index is 0.420. The van der Waals surface area contributed by atoms with E-state index in [1.54, 1.807) is 12.5 Å². The van der Waals surface area contributed by atoms with Crippen molar-refractivity contribution in [3.8, 4) is 0 Å². The first-order valence-electron chi connectivity index (χ1n) is 7.57. The van der Waals surface area contributed by atoms with Gasteiger partial charge in [-0.2, -0.15) is 0 Å². The average Bonchev–Trinajstić information content (AvgIpc) is 2.41. The summed E-state index contributed by atoms with van der Waals surface area (Å²) in [7, 11) is 0. The molecule has 0 saturated heterocycles. The van der Waals surface area contributed by atoms with E-state index in [0.29, 0.717) is 12.1 Å². The Labute approximate surface area is 119 Å². The number of nitrogens with zero attached hydrogens (tertiary/aromatic N) is 2. The molecule has 112 valence electrons. The molecule has 3 nitrogen and oxygen atoms in total. The minimum Gasteiger partial charge on any atom is -0.473 e. The molecule has 2 atom stereocenters. The molecule has 0 heterocycles. The van der Waals surface area contributed by atoms with Gasteiger partial charge in [-0.25, -0.2) is 0 Å². The molecular weight excluding hydrogens is 236 g/mol. The average molecular weight is 268 g/mol. The molecule has 0 saturated carbocycles. The molecule has 0 N–H and O–H groups in total. The van der Waals surface area contributed by atoms with Crippen molar-refractivity contribution in [2.75, 3.05) is 26.2 Å². The van der Waals surface area contributed by atoms with E-state index in [-0.39, 0.29) is 0 Å². The highest BCUT2D eigenvalue weighted by molar-refractivity contribution is 4.91. The number of likely N-dealkylation sites (N-methyl/N-ethyl adjacent to an activating group) is 2. The molecule has 2 unspecified atom stereocenters. The van der Waals surface area contributed by atoms with Crippen LogP contribution in [0, 0.1) is 0 Å². The van der Waals surface area contributed by atoms with Crippen molar-refractivity contribution in [1.29, 1.82) is 0 Å². The van der Waals surface area contributed by atoms with Gasteiger partial charge in [-0.1, -0.05) is 27.7 Å². The summed E-state index contributed by atoms with van der Waals surface area (Å²) in [6.07, 6.45) is 7.77. The van der Waals surface area contributed by atoms with Crippen molar-refractivity contribution >= 4 is 0 Å². The molecule has 0 bridgehead atoms. The second kappa shape index (κ2) is 11.1. The zero-order chi connectivity index (χ0) is 14.7. The molecule has 0 aliphatic rings. The molecular formula is C16H32N2O. The third kappa shape index (κ3) is 7.38. The third-order valence-electron chi connectivity index (χ3n) is 3.65. The number of ether oxygens (including phenoxy) is 1. The normalized spacial score (nSPS) is 15.8. The summed E-state index contributed by atoms with van der Waals surface area (Å²) in [4.78, 5) is 4.75. The van der Waals surface area contributed by atoms with Gasteiger partial charge in [-0.05, 0) is 52.2 Å². The van der Waals surface area contributed by atoms with Crippen LogP contribution in [0.5, 0.6) is 0 Å². The first-order chi connectivity index (χ1) is 9.10. The summed E-state index contributed by atoms with van der Waals surface area (Å²) >= 11 is 0. The fraction of sp³-hybridized carbons (Fsp3) is 0.750. The summed E-state index contributed by atoms with van der Waals surface area (Å²) in [6.45, 7) is 17.4. The van der Waals surface area contributed by atoms with Crippen molar-refractivity contribution in [3.63, 3.8) is 0 Å². The second-order valence-corrected chi connectivity index (χ2v) is 4.72. The predicted molar refractivity (Wildman–Crippen MR) is 84.1 cm³/mol. The zero-order valence-electron chi connectivity index (χ0n) is 13.6. The minimum atomic E-state index is 0.420. The topological polar surface area (TPSA) is 15.7 Å². The zero-order valence-corrected chi connectivity index (χ0v) is 13.6. The van der Waals surface area contributed by atoms with Crippen LogP contribution in [0.3, 0.4) is 0 Å². The fourth-order valence-electron chi connectivity index (χ4n) is 2.21. The first-order valence-corrected chi connectivity index (χ1v) is 7.57. The third-order valence-corrected chi connectivity index (χ3v) is 3.65. The Bertz CT molecular complexity index is 229. The molecule has 0 aromatic rings. The molecule has 0 aromatic carbocycles. The highest BCUT2D eigenvalue weighted by Gasteiger charge is 2.06. The highest BCUT2D eigenvalue weighted by atomic mass is 16.5. The van der Waals surface area contributed by atoms with Crippen LogP contribution in [0.4, 0.5) is 0 Å². The van der Waals surface area contributed by atoms with E-state index in [2.05, 4.69) is 63.5 Å². The van der Waals surface area contributed by atoms with Crippen LogP contribution in [0.2, 0.25) is 0 Å². The Balaban J connectivity index is 4.07. The van der Waals surface area contributed by atoms with Gasteiger partial charge in [0.25, 0.3) is 0 Å². The van der Waals surface area contributed by atoms with Crippen LogP contribution in [0.15, 0.2) is 24.7 Å². The van der Waals surface area contributed by atoms with Gasteiger partial charge in [-0.3, -0.25) is 9.80 Å². The summed E-state index contributed by atoms with van der Waals surface area (Å²) in [5.41, 5.74) is 0. The molecule has 0 aliphatic heterocycles. The van der Waals surface area contributed by atoms with Gasteiger partial charge in [-0.15, -0.1) is 0 Å². The summed E-state index contributed by atoms with van der Waals surface area (Å²) in [6, 6.07) is 0.840. The van der Waals surface area contributed by atoms with Crippen molar-refractivity contribution in [2.24, 2.45) is 0 Å². The van der Waals surface area contributed by atoms with E-state index in [4.69, 9.17) is 4.74 Å². The lowest BCUT2D eigenvalue weighted by atomic mass is 10.3. The lowest BCUT2D eigenvalue weighted by molar-refractivity contribution is 0.259. The largest absolute Gasteiger partial charge is 0.473 e. The molecule has 19 heavy (non-hydrogen) atoms. The van der Waals surface area contributed by atoms with E-state index in [1.807, 2.05) is 0 Å². The monoisotopic (exact) mass is 268 g/mol. The predicted octanol–water partition coefficient (Wildman–Crippen LogP) is 3.49. The summed E-state index contributed by atoms with van der Waals surface area (Å²) < 4.78 is 5.44. The Hall–Kier alpha value is -0.800. The van der Waals surface area contributed by atoms with Gasteiger partial charge in [0.05, 0.1) is 12.5 Å². The van der Waals surface area contributed by atoms with Gasteiger partial charge in [0, 0.05) is 12.1 Å². The first kappa shape index (κ1) is 18.2. The van der Waals surface area contributed by atoms with Crippen molar-refractivity contribution in [2.45, 2.75) is 53.6 Å². The molecule has 0 aromatic heterocycles. The number of rotatable bonds is 10. The van der Waals surface area contributed by atoms with Gasteiger partial charge < -0.3 is 4.74 Å². The van der Waals surface area contributed by atoms with Crippen LogP contribution >= 0.6 is 0 Å². The number of hydrogen-bond donors (Lipinski definition) is 0. The van der Waals surface area contributed by atoms with E-state index in [1.165, 1.54) is 0 Å². The van der Waals surface area contributed by atoms with Crippen molar-refractivity contribution in [3.05, 3.63) is 24.7 Å². The molecule has 3 heteroatoms. The standard InChI is InChI=1S/C16H32N2O/c1-7-17(8-2)15(5)11-13-19-14-12-16(6)18(9-3)10-4/h11-16H,7-10H2,1-6H3/b13-11+,14-12+. The highest BCUT2D eigenvalue weighted by Crippen LogP contribution is 2.02. The second-order valence-electron chi connectivity index (χ2n) is 4.72. The quantitative estimate of drug-likeness (QED) is 0.564. The maximum atomic E-state index is 5.44. The fourth-order valence-corrected chi connectivity index (χ4v) is 2.21. The van der Waals surface area contributed by atoms with Gasteiger partial charge in [0.1, 0.15) is 0 Å². The smallest absolute Gasteiger partial charge is 0.0876 e. The van der Waals surface area contributed by atoms with Gasteiger partial charge in [0.15, 0.2) is 0 Å². The maximum Gasteiger partial charge on any atom is 0.0876 e. The Morgan fingerprint density at radius 3 is 1.32 bits per heavy atom. The molecule has 0 aliphatic carbocycles. The van der Waals surface area contributed by atoms with E-state index >= 15 is 0 Å². The van der Waals surface area contributed by atoms with E-state index in [0.717, 1.165) is 26.2 Å².